The lowest BCUT2D eigenvalue weighted by molar-refractivity contribution is 0.216. The number of benzene rings is 2. The van der Waals surface area contributed by atoms with Crippen molar-refractivity contribution in [3.63, 3.8) is 0 Å². The number of ether oxygens (including phenoxy) is 2. The van der Waals surface area contributed by atoms with Gasteiger partial charge in [-0.2, -0.15) is 0 Å². The average Bonchev–Trinajstić information content (AvgIpc) is 2.71. The van der Waals surface area contributed by atoms with Crippen molar-refractivity contribution >= 4 is 10.9 Å². The number of unbranched alkanes of at least 4 members (excludes halogenated alkanes) is 1. The molecule has 1 N–H and O–H groups in total. The monoisotopic (exact) mass is 379 g/mol. The zero-order valence-corrected chi connectivity index (χ0v) is 17.0. The van der Waals surface area contributed by atoms with Crippen LogP contribution in [0.1, 0.15) is 43.5 Å². The van der Waals surface area contributed by atoms with Crippen LogP contribution in [0.25, 0.3) is 10.9 Å². The largest absolute Gasteiger partial charge is 0.490 e. The lowest BCUT2D eigenvalue weighted by Gasteiger charge is -2.15. The van der Waals surface area contributed by atoms with Gasteiger partial charge in [-0.1, -0.05) is 38.5 Å². The van der Waals surface area contributed by atoms with Crippen LogP contribution < -0.4 is 14.9 Å². The number of nitrogens with one attached hydrogen (secondary N) is 1. The molecule has 0 spiro atoms. The van der Waals surface area contributed by atoms with Crippen LogP contribution in [-0.4, -0.2) is 18.2 Å². The minimum Gasteiger partial charge on any atom is -0.490 e. The first kappa shape index (κ1) is 20.0. The van der Waals surface area contributed by atoms with Gasteiger partial charge >= 0.3 is 0 Å². The Balaban J connectivity index is 1.83. The number of aromatic amines is 1. The van der Waals surface area contributed by atoms with Gasteiger partial charge in [0.25, 0.3) is 0 Å². The van der Waals surface area contributed by atoms with E-state index >= 15 is 0 Å². The Morgan fingerprint density at radius 1 is 1.00 bits per heavy atom. The standard InChI is InChI=1S/C24H29NO3/c1-4-6-10-18-15-21-22(25-17(3)20(5-2)24(21)26)16-23(18)28-14-13-27-19-11-8-7-9-12-19/h7-9,11-12,15-16H,4-6,10,13-14H2,1-3H3,(H,25,26). The molecule has 0 bridgehead atoms. The highest BCUT2D eigenvalue weighted by Crippen LogP contribution is 2.26. The van der Waals surface area contributed by atoms with Gasteiger partial charge in [0, 0.05) is 22.7 Å². The zero-order valence-electron chi connectivity index (χ0n) is 17.0. The van der Waals surface area contributed by atoms with E-state index in [0.717, 1.165) is 64.9 Å². The van der Waals surface area contributed by atoms with Gasteiger partial charge in [0.05, 0.1) is 5.52 Å². The van der Waals surface area contributed by atoms with Crippen LogP contribution in [0.5, 0.6) is 11.5 Å². The lowest BCUT2D eigenvalue weighted by atomic mass is 10.0. The van der Waals surface area contributed by atoms with Crippen molar-refractivity contribution in [3.8, 4) is 11.5 Å². The summed E-state index contributed by atoms with van der Waals surface area (Å²) in [7, 11) is 0. The molecule has 3 aromatic rings. The number of para-hydroxylation sites is 1. The summed E-state index contributed by atoms with van der Waals surface area (Å²) in [6.45, 7) is 7.07. The van der Waals surface area contributed by atoms with E-state index in [4.69, 9.17) is 9.47 Å². The van der Waals surface area contributed by atoms with Gasteiger partial charge in [-0.05, 0) is 49.9 Å². The summed E-state index contributed by atoms with van der Waals surface area (Å²) in [6, 6.07) is 13.7. The molecular formula is C24H29NO3. The van der Waals surface area contributed by atoms with Gasteiger partial charge in [-0.25, -0.2) is 0 Å². The second kappa shape index (κ2) is 9.45. The van der Waals surface area contributed by atoms with Crippen molar-refractivity contribution < 1.29 is 9.47 Å². The van der Waals surface area contributed by atoms with Crippen molar-refractivity contribution in [3.05, 3.63) is 69.5 Å². The molecule has 28 heavy (non-hydrogen) atoms. The number of aryl methyl sites for hydroxylation is 2. The highest BCUT2D eigenvalue weighted by atomic mass is 16.5. The molecule has 0 unspecified atom stereocenters. The van der Waals surface area contributed by atoms with Crippen LogP contribution in [0.15, 0.2) is 47.3 Å². The van der Waals surface area contributed by atoms with Crippen molar-refractivity contribution in [2.24, 2.45) is 0 Å². The van der Waals surface area contributed by atoms with Crippen LogP contribution in [0.3, 0.4) is 0 Å². The molecule has 1 aromatic heterocycles. The van der Waals surface area contributed by atoms with Crippen molar-refractivity contribution in [1.29, 1.82) is 0 Å². The lowest BCUT2D eigenvalue weighted by Crippen LogP contribution is -2.14. The summed E-state index contributed by atoms with van der Waals surface area (Å²) >= 11 is 0. The van der Waals surface area contributed by atoms with Crippen LogP contribution in [-0.2, 0) is 12.8 Å². The molecule has 4 heteroatoms. The number of H-pyrrole nitrogens is 1. The minimum atomic E-state index is 0.130. The molecule has 3 rings (SSSR count). The van der Waals surface area contributed by atoms with E-state index in [-0.39, 0.29) is 5.43 Å². The normalized spacial score (nSPS) is 11.0. The van der Waals surface area contributed by atoms with E-state index in [1.165, 1.54) is 0 Å². The fraction of sp³-hybridized carbons (Fsp3) is 0.375. The topological polar surface area (TPSA) is 51.3 Å². The average molecular weight is 380 g/mol. The van der Waals surface area contributed by atoms with E-state index in [2.05, 4.69) is 11.9 Å². The maximum absolute atomic E-state index is 12.9. The number of rotatable bonds is 9. The Bertz CT molecular complexity index is 977. The molecule has 0 fully saturated rings. The van der Waals surface area contributed by atoms with Gasteiger partial charge in [0.15, 0.2) is 5.43 Å². The maximum atomic E-state index is 12.9. The van der Waals surface area contributed by atoms with Crippen LogP contribution in [0, 0.1) is 6.92 Å². The molecule has 0 amide bonds. The predicted molar refractivity (Wildman–Crippen MR) is 115 cm³/mol. The van der Waals surface area contributed by atoms with E-state index < -0.39 is 0 Å². The minimum absolute atomic E-state index is 0.130. The Labute approximate surface area is 166 Å². The van der Waals surface area contributed by atoms with Crippen LogP contribution in [0.4, 0.5) is 0 Å². The van der Waals surface area contributed by atoms with E-state index in [1.807, 2.05) is 56.3 Å². The third kappa shape index (κ3) is 4.56. The first-order valence-electron chi connectivity index (χ1n) is 10.1. The number of aromatic nitrogens is 1. The molecule has 0 aliphatic heterocycles. The van der Waals surface area contributed by atoms with E-state index in [0.29, 0.717) is 13.2 Å². The second-order valence-corrected chi connectivity index (χ2v) is 7.03. The fourth-order valence-corrected chi connectivity index (χ4v) is 3.48. The highest BCUT2D eigenvalue weighted by molar-refractivity contribution is 5.82. The smallest absolute Gasteiger partial charge is 0.192 e. The molecular weight excluding hydrogens is 350 g/mol. The first-order chi connectivity index (χ1) is 13.6. The molecule has 0 aliphatic rings. The van der Waals surface area contributed by atoms with Gasteiger partial charge in [-0.3, -0.25) is 4.79 Å². The van der Waals surface area contributed by atoms with E-state index in [9.17, 15) is 4.79 Å². The molecule has 0 radical (unpaired) electrons. The molecule has 0 saturated carbocycles. The zero-order chi connectivity index (χ0) is 19.9. The first-order valence-corrected chi connectivity index (χ1v) is 10.1. The number of fused-ring (bicyclic) bond motifs is 1. The van der Waals surface area contributed by atoms with Crippen molar-refractivity contribution in [2.45, 2.75) is 46.5 Å². The van der Waals surface area contributed by atoms with Crippen LogP contribution in [0.2, 0.25) is 0 Å². The number of pyridine rings is 1. The summed E-state index contributed by atoms with van der Waals surface area (Å²) in [4.78, 5) is 16.2. The predicted octanol–water partition coefficient (Wildman–Crippen LogP) is 5.20. The summed E-state index contributed by atoms with van der Waals surface area (Å²) in [5, 5.41) is 0.751. The number of hydrogen-bond acceptors (Lipinski definition) is 3. The highest BCUT2D eigenvalue weighted by Gasteiger charge is 2.13. The van der Waals surface area contributed by atoms with Gasteiger partial charge in [0.1, 0.15) is 24.7 Å². The molecule has 148 valence electrons. The Hall–Kier alpha value is -2.75. The molecule has 1 heterocycles. The van der Waals surface area contributed by atoms with Gasteiger partial charge in [-0.15, -0.1) is 0 Å². The quantitative estimate of drug-likeness (QED) is 0.520. The number of hydrogen-bond donors (Lipinski definition) is 1. The maximum Gasteiger partial charge on any atom is 0.192 e. The second-order valence-electron chi connectivity index (χ2n) is 7.03. The molecule has 0 atom stereocenters. The summed E-state index contributed by atoms with van der Waals surface area (Å²) in [5.41, 5.74) is 3.84. The Morgan fingerprint density at radius 3 is 2.46 bits per heavy atom. The van der Waals surface area contributed by atoms with Gasteiger partial charge < -0.3 is 14.5 Å². The molecule has 0 aliphatic carbocycles. The third-order valence-electron chi connectivity index (χ3n) is 5.00. The van der Waals surface area contributed by atoms with Crippen molar-refractivity contribution in [1.82, 2.24) is 4.98 Å². The van der Waals surface area contributed by atoms with Crippen molar-refractivity contribution in [2.75, 3.05) is 13.2 Å². The Morgan fingerprint density at radius 2 is 1.75 bits per heavy atom. The summed E-state index contributed by atoms with van der Waals surface area (Å²) < 4.78 is 11.8. The van der Waals surface area contributed by atoms with E-state index in [1.54, 1.807) is 0 Å². The molecule has 4 nitrogen and oxygen atoms in total. The third-order valence-corrected chi connectivity index (χ3v) is 5.00. The summed E-state index contributed by atoms with van der Waals surface area (Å²) in [6.07, 6.45) is 3.79. The van der Waals surface area contributed by atoms with Gasteiger partial charge in [0.2, 0.25) is 0 Å². The Kier molecular flexibility index (Phi) is 6.75. The molecule has 0 saturated heterocycles. The molecule has 2 aromatic carbocycles. The summed E-state index contributed by atoms with van der Waals surface area (Å²) in [5.74, 6) is 1.67. The fourth-order valence-electron chi connectivity index (χ4n) is 3.48. The van der Waals surface area contributed by atoms with Crippen LogP contribution >= 0.6 is 0 Å². The SMILES string of the molecule is CCCCc1cc2c(=O)c(CC)c(C)[nH]c2cc1OCCOc1ccccc1.